The van der Waals surface area contributed by atoms with Gasteiger partial charge in [0, 0.05) is 43.2 Å². The maximum Gasteiger partial charge on any atom is 0.274 e. The van der Waals surface area contributed by atoms with Gasteiger partial charge in [0.1, 0.15) is 11.5 Å². The monoisotopic (exact) mass is 434 g/mol. The Hall–Kier alpha value is -2.90. The molecule has 2 aliphatic heterocycles. The number of amides is 2. The van der Waals surface area contributed by atoms with Crippen LogP contribution in [-0.2, 0) is 11.2 Å². The van der Waals surface area contributed by atoms with Gasteiger partial charge in [0.25, 0.3) is 5.91 Å². The molecule has 0 N–H and O–H groups in total. The van der Waals surface area contributed by atoms with Crippen LogP contribution in [0.3, 0.4) is 0 Å². The molecule has 1 unspecified atom stereocenters. The molecule has 4 heterocycles. The van der Waals surface area contributed by atoms with Crippen molar-refractivity contribution in [2.45, 2.75) is 70.8 Å². The minimum absolute atomic E-state index is 0.144. The summed E-state index contributed by atoms with van der Waals surface area (Å²) in [6, 6.07) is -0.206. The Labute approximate surface area is 188 Å². The van der Waals surface area contributed by atoms with Crippen molar-refractivity contribution in [1.82, 2.24) is 24.8 Å². The summed E-state index contributed by atoms with van der Waals surface area (Å²) in [5.41, 5.74) is 2.34. The Morgan fingerprint density at radius 2 is 1.91 bits per heavy atom. The summed E-state index contributed by atoms with van der Waals surface area (Å²) in [5.74, 6) is 1.96. The van der Waals surface area contributed by atoms with Crippen molar-refractivity contribution in [3.8, 4) is 0 Å². The number of fused-ring (bicyclic) bond motifs is 1. The summed E-state index contributed by atoms with van der Waals surface area (Å²) in [4.78, 5) is 47.7. The highest BCUT2D eigenvalue weighted by Crippen LogP contribution is 2.36. The van der Waals surface area contributed by atoms with Gasteiger partial charge >= 0.3 is 0 Å². The summed E-state index contributed by atoms with van der Waals surface area (Å²) in [5, 5.41) is 0. The van der Waals surface area contributed by atoms with Crippen molar-refractivity contribution in [3.05, 3.63) is 41.4 Å². The van der Waals surface area contributed by atoms with Crippen LogP contribution in [-0.4, -0.2) is 49.7 Å². The number of likely N-dealkylation sites (tertiary alicyclic amines) is 1. The maximum absolute atomic E-state index is 13.1. The fourth-order valence-corrected chi connectivity index (χ4v) is 5.40. The first-order chi connectivity index (χ1) is 15.6. The molecular formula is C24H30N6O2. The van der Waals surface area contributed by atoms with Gasteiger partial charge in [-0.05, 0) is 44.9 Å². The molecule has 2 aromatic rings. The number of hydrogen-bond acceptors (Lipinski definition) is 6. The summed E-state index contributed by atoms with van der Waals surface area (Å²) in [6.45, 7) is 3.39. The van der Waals surface area contributed by atoms with Gasteiger partial charge in [-0.1, -0.05) is 19.3 Å². The highest BCUT2D eigenvalue weighted by molar-refractivity contribution is 5.95. The van der Waals surface area contributed by atoms with E-state index in [4.69, 9.17) is 9.97 Å². The summed E-state index contributed by atoms with van der Waals surface area (Å²) in [7, 11) is 0. The first kappa shape index (κ1) is 21.0. The second kappa shape index (κ2) is 8.92. The topological polar surface area (TPSA) is 92.2 Å². The molecule has 0 spiro atoms. The smallest absolute Gasteiger partial charge is 0.274 e. The second-order valence-electron chi connectivity index (χ2n) is 9.22. The zero-order valence-electron chi connectivity index (χ0n) is 18.7. The van der Waals surface area contributed by atoms with Crippen LogP contribution in [0, 0.1) is 12.8 Å². The SMILES string of the molecule is Cc1nc(C2CCCN2C(=O)c2cnccn2)nc2c1CCC(=O)N2CC1CCCCC1. The first-order valence-corrected chi connectivity index (χ1v) is 11.9. The number of aromatic nitrogens is 4. The molecule has 1 aliphatic carbocycles. The molecular weight excluding hydrogens is 404 g/mol. The van der Waals surface area contributed by atoms with Crippen molar-refractivity contribution in [3.63, 3.8) is 0 Å². The lowest BCUT2D eigenvalue weighted by atomic mass is 9.88. The van der Waals surface area contributed by atoms with Crippen molar-refractivity contribution >= 4 is 17.6 Å². The normalized spacial score (nSPS) is 21.7. The molecule has 0 radical (unpaired) electrons. The Bertz CT molecular complexity index is 1010. The van der Waals surface area contributed by atoms with Crippen LogP contribution in [0.1, 0.15) is 85.0 Å². The molecule has 1 saturated carbocycles. The third-order valence-electron chi connectivity index (χ3n) is 7.11. The van der Waals surface area contributed by atoms with Gasteiger partial charge in [-0.15, -0.1) is 0 Å². The van der Waals surface area contributed by atoms with E-state index >= 15 is 0 Å². The van der Waals surface area contributed by atoms with E-state index in [-0.39, 0.29) is 17.9 Å². The quantitative estimate of drug-likeness (QED) is 0.732. The van der Waals surface area contributed by atoms with Crippen molar-refractivity contribution in [2.75, 3.05) is 18.0 Å². The molecule has 2 amide bonds. The van der Waals surface area contributed by atoms with Crippen LogP contribution in [0.25, 0.3) is 0 Å². The average molecular weight is 435 g/mol. The molecule has 2 fully saturated rings. The second-order valence-corrected chi connectivity index (χ2v) is 9.22. The summed E-state index contributed by atoms with van der Waals surface area (Å²) in [6.07, 6.45) is 13.6. The van der Waals surface area contributed by atoms with Crippen molar-refractivity contribution < 1.29 is 9.59 Å². The molecule has 0 bridgehead atoms. The van der Waals surface area contributed by atoms with Gasteiger partial charge in [-0.25, -0.2) is 15.0 Å². The number of anilines is 1. The fourth-order valence-electron chi connectivity index (χ4n) is 5.40. The maximum atomic E-state index is 13.1. The number of aryl methyl sites for hydroxylation is 1. The van der Waals surface area contributed by atoms with E-state index in [1.807, 2.05) is 11.8 Å². The van der Waals surface area contributed by atoms with Gasteiger partial charge < -0.3 is 4.90 Å². The van der Waals surface area contributed by atoms with E-state index in [9.17, 15) is 9.59 Å². The Balaban J connectivity index is 1.46. The van der Waals surface area contributed by atoms with Crippen molar-refractivity contribution in [2.24, 2.45) is 5.92 Å². The molecule has 8 heteroatoms. The molecule has 0 aromatic carbocycles. The minimum Gasteiger partial charge on any atom is -0.327 e. The van der Waals surface area contributed by atoms with Crippen LogP contribution in [0.2, 0.25) is 0 Å². The van der Waals surface area contributed by atoms with Gasteiger partial charge in [-0.3, -0.25) is 19.5 Å². The predicted octanol–water partition coefficient (Wildman–Crippen LogP) is 3.41. The lowest BCUT2D eigenvalue weighted by Gasteiger charge is -2.34. The first-order valence-electron chi connectivity index (χ1n) is 11.9. The molecule has 1 atom stereocenters. The lowest BCUT2D eigenvalue weighted by molar-refractivity contribution is -0.119. The van der Waals surface area contributed by atoms with E-state index in [1.165, 1.54) is 44.5 Å². The fraction of sp³-hybridized carbons (Fsp3) is 0.583. The zero-order valence-corrected chi connectivity index (χ0v) is 18.7. The van der Waals surface area contributed by atoms with Gasteiger partial charge in [0.05, 0.1) is 12.2 Å². The van der Waals surface area contributed by atoms with Crippen LogP contribution in [0.4, 0.5) is 5.82 Å². The number of rotatable bonds is 4. The standard InChI is InChI=1S/C24H30N6O2/c1-16-18-9-10-21(31)30(15-17-6-3-2-4-7-17)23(18)28-22(27-16)20-8-5-13-29(20)24(32)19-14-25-11-12-26-19/h11-12,14,17,20H,2-10,13,15H2,1H3. The number of nitrogens with zero attached hydrogens (tertiary/aromatic N) is 6. The lowest BCUT2D eigenvalue weighted by Crippen LogP contribution is -2.41. The third-order valence-corrected chi connectivity index (χ3v) is 7.11. The highest BCUT2D eigenvalue weighted by Gasteiger charge is 2.36. The van der Waals surface area contributed by atoms with Crippen LogP contribution >= 0.6 is 0 Å². The Morgan fingerprint density at radius 3 is 2.69 bits per heavy atom. The predicted molar refractivity (Wildman–Crippen MR) is 119 cm³/mol. The number of carbonyl (C=O) groups is 2. The zero-order chi connectivity index (χ0) is 22.1. The summed E-state index contributed by atoms with van der Waals surface area (Å²) < 4.78 is 0. The molecule has 3 aliphatic rings. The number of carbonyl (C=O) groups excluding carboxylic acids is 2. The van der Waals surface area contributed by atoms with Crippen LogP contribution < -0.4 is 4.90 Å². The molecule has 1 saturated heterocycles. The van der Waals surface area contributed by atoms with E-state index < -0.39 is 0 Å². The van der Waals surface area contributed by atoms with E-state index in [1.54, 1.807) is 11.1 Å². The molecule has 32 heavy (non-hydrogen) atoms. The molecule has 168 valence electrons. The van der Waals surface area contributed by atoms with Gasteiger partial charge in [-0.2, -0.15) is 0 Å². The molecule has 8 nitrogen and oxygen atoms in total. The highest BCUT2D eigenvalue weighted by atomic mass is 16.2. The van der Waals surface area contributed by atoms with E-state index in [0.717, 1.165) is 36.5 Å². The van der Waals surface area contributed by atoms with Gasteiger partial charge in [0.2, 0.25) is 5.91 Å². The van der Waals surface area contributed by atoms with E-state index in [2.05, 4.69) is 9.97 Å². The largest absolute Gasteiger partial charge is 0.327 e. The minimum atomic E-state index is -0.206. The Kier molecular flexibility index (Phi) is 5.85. The molecule has 2 aromatic heterocycles. The summed E-state index contributed by atoms with van der Waals surface area (Å²) >= 11 is 0. The average Bonchev–Trinajstić information content (AvgIpc) is 3.31. The Morgan fingerprint density at radius 1 is 1.06 bits per heavy atom. The van der Waals surface area contributed by atoms with Crippen LogP contribution in [0.5, 0.6) is 0 Å². The number of hydrogen-bond donors (Lipinski definition) is 0. The molecule has 5 rings (SSSR count). The third kappa shape index (κ3) is 3.98. The van der Waals surface area contributed by atoms with E-state index in [0.29, 0.717) is 36.8 Å². The van der Waals surface area contributed by atoms with Crippen molar-refractivity contribution in [1.29, 1.82) is 0 Å². The van der Waals surface area contributed by atoms with Crippen LogP contribution in [0.15, 0.2) is 18.6 Å². The van der Waals surface area contributed by atoms with Gasteiger partial charge in [0.15, 0.2) is 5.82 Å².